The fraction of sp³-hybridized carbons (Fsp3) is 0.240. The Kier molecular flexibility index (Phi) is 7.31. The van der Waals surface area contributed by atoms with Crippen molar-refractivity contribution in [3.05, 3.63) is 75.3 Å². The summed E-state index contributed by atoms with van der Waals surface area (Å²) < 4.78 is 5.79. The Labute approximate surface area is 206 Å². The number of halogens is 1. The summed E-state index contributed by atoms with van der Waals surface area (Å²) in [4.78, 5) is 35.8. The molecule has 4 rings (SSSR count). The first-order valence-corrected chi connectivity index (χ1v) is 12.0. The van der Waals surface area contributed by atoms with E-state index in [2.05, 4.69) is 15.3 Å². The van der Waals surface area contributed by atoms with Crippen molar-refractivity contribution in [2.75, 3.05) is 25.5 Å². The molecule has 176 valence electrons. The number of anilines is 1. The molecule has 1 amide bonds. The molecule has 0 saturated carbocycles. The molecule has 9 heteroatoms. The Balaban J connectivity index is 1.50. The van der Waals surface area contributed by atoms with Gasteiger partial charge in [-0.1, -0.05) is 24.6 Å². The fourth-order valence-corrected chi connectivity index (χ4v) is 4.74. The number of likely N-dealkylation sites (N-methyl/N-ethyl adjacent to an activating group) is 1. The van der Waals surface area contributed by atoms with Gasteiger partial charge in [0.25, 0.3) is 5.56 Å². The van der Waals surface area contributed by atoms with Crippen LogP contribution in [0.2, 0.25) is 5.02 Å². The highest BCUT2D eigenvalue weighted by Gasteiger charge is 2.15. The molecule has 0 atom stereocenters. The number of carbonyl (C=O) groups excluding carboxylic acids is 1. The molecule has 0 radical (unpaired) electrons. The number of aryl methyl sites for hydroxylation is 1. The van der Waals surface area contributed by atoms with Gasteiger partial charge in [-0.25, -0.2) is 4.98 Å². The summed E-state index contributed by atoms with van der Waals surface area (Å²) in [6.07, 6.45) is 0. The third-order valence-electron chi connectivity index (χ3n) is 5.47. The van der Waals surface area contributed by atoms with Crippen LogP contribution in [0.4, 0.5) is 5.69 Å². The molecule has 2 N–H and O–H groups in total. The number of amides is 1. The van der Waals surface area contributed by atoms with E-state index in [0.717, 1.165) is 21.8 Å². The van der Waals surface area contributed by atoms with Gasteiger partial charge in [-0.15, -0.1) is 11.3 Å². The lowest BCUT2D eigenvalue weighted by Crippen LogP contribution is -2.34. The highest BCUT2D eigenvalue weighted by Crippen LogP contribution is 2.31. The van der Waals surface area contributed by atoms with E-state index in [1.54, 1.807) is 19.2 Å². The number of hydrogen-bond acceptors (Lipinski definition) is 6. The van der Waals surface area contributed by atoms with E-state index in [1.807, 2.05) is 55.1 Å². The van der Waals surface area contributed by atoms with Gasteiger partial charge in [0.15, 0.2) is 0 Å². The first kappa shape index (κ1) is 23.9. The van der Waals surface area contributed by atoms with Crippen molar-refractivity contribution >= 4 is 44.7 Å². The minimum Gasteiger partial charge on any atom is -0.497 e. The molecular weight excluding hydrogens is 472 g/mol. The van der Waals surface area contributed by atoms with Crippen LogP contribution in [0.5, 0.6) is 5.75 Å². The van der Waals surface area contributed by atoms with Gasteiger partial charge in [-0.2, -0.15) is 0 Å². The summed E-state index contributed by atoms with van der Waals surface area (Å²) in [6.45, 7) is 4.99. The topological polar surface area (TPSA) is 87.3 Å². The molecule has 7 nitrogen and oxygen atoms in total. The van der Waals surface area contributed by atoms with Crippen LogP contribution in [0.15, 0.2) is 53.3 Å². The van der Waals surface area contributed by atoms with E-state index in [4.69, 9.17) is 16.3 Å². The van der Waals surface area contributed by atoms with Crippen LogP contribution in [0.25, 0.3) is 20.7 Å². The highest BCUT2D eigenvalue weighted by atomic mass is 35.5. The third-order valence-corrected chi connectivity index (χ3v) is 6.88. The summed E-state index contributed by atoms with van der Waals surface area (Å²) in [5.41, 5.74) is 3.07. The van der Waals surface area contributed by atoms with E-state index in [0.29, 0.717) is 39.8 Å². The van der Waals surface area contributed by atoms with Crippen LogP contribution in [0.3, 0.4) is 0 Å². The lowest BCUT2D eigenvalue weighted by molar-refractivity contribution is -0.117. The maximum Gasteiger partial charge on any atom is 0.268 e. The van der Waals surface area contributed by atoms with Crippen LogP contribution in [-0.2, 0) is 11.3 Å². The molecule has 0 unspecified atom stereocenters. The number of hydrogen-bond donors (Lipinski definition) is 2. The monoisotopic (exact) mass is 496 g/mol. The van der Waals surface area contributed by atoms with Gasteiger partial charge in [0, 0.05) is 15.6 Å². The molecule has 0 aliphatic rings. The van der Waals surface area contributed by atoms with Crippen molar-refractivity contribution in [3.8, 4) is 16.2 Å². The van der Waals surface area contributed by atoms with Crippen molar-refractivity contribution in [2.24, 2.45) is 0 Å². The van der Waals surface area contributed by atoms with Crippen LogP contribution in [-0.4, -0.2) is 41.0 Å². The summed E-state index contributed by atoms with van der Waals surface area (Å²) in [7, 11) is 1.63. The van der Waals surface area contributed by atoms with Crippen molar-refractivity contribution in [2.45, 2.75) is 20.4 Å². The zero-order valence-electron chi connectivity index (χ0n) is 19.1. The van der Waals surface area contributed by atoms with Crippen molar-refractivity contribution < 1.29 is 9.53 Å². The van der Waals surface area contributed by atoms with E-state index in [-0.39, 0.29) is 18.0 Å². The summed E-state index contributed by atoms with van der Waals surface area (Å²) in [5.74, 6) is 1.13. The van der Waals surface area contributed by atoms with Gasteiger partial charge >= 0.3 is 0 Å². The number of H-pyrrole nitrogens is 1. The Morgan fingerprint density at radius 1 is 1.21 bits per heavy atom. The van der Waals surface area contributed by atoms with Crippen molar-refractivity contribution in [1.29, 1.82) is 0 Å². The van der Waals surface area contributed by atoms with E-state index >= 15 is 0 Å². The molecule has 34 heavy (non-hydrogen) atoms. The van der Waals surface area contributed by atoms with E-state index in [1.165, 1.54) is 11.3 Å². The van der Waals surface area contributed by atoms with Crippen LogP contribution in [0, 0.1) is 6.92 Å². The summed E-state index contributed by atoms with van der Waals surface area (Å²) in [6, 6.07) is 15.0. The van der Waals surface area contributed by atoms with Crippen molar-refractivity contribution in [1.82, 2.24) is 14.9 Å². The number of methoxy groups -OCH3 is 1. The minimum absolute atomic E-state index is 0.158. The maximum absolute atomic E-state index is 12.7. The molecule has 2 heterocycles. The molecule has 0 bridgehead atoms. The smallest absolute Gasteiger partial charge is 0.268 e. The SMILES string of the molecule is CCN(CC(=O)Nc1cc(Cl)ccc1C)Cc1nc2cc(-c3ccc(OC)cc3)sc2c(=O)[nH]1. The number of fused-ring (bicyclic) bond motifs is 1. The molecule has 2 aromatic heterocycles. The van der Waals surface area contributed by atoms with Gasteiger partial charge in [0.05, 0.1) is 25.7 Å². The number of benzene rings is 2. The zero-order valence-corrected chi connectivity index (χ0v) is 20.7. The first-order chi connectivity index (χ1) is 16.4. The molecular formula is C25H25ClN4O3S. The number of nitrogens with zero attached hydrogens (tertiary/aromatic N) is 2. The van der Waals surface area contributed by atoms with Crippen LogP contribution < -0.4 is 15.6 Å². The zero-order chi connectivity index (χ0) is 24.2. The first-order valence-electron chi connectivity index (χ1n) is 10.8. The average Bonchev–Trinajstić information content (AvgIpc) is 3.26. The van der Waals surface area contributed by atoms with Gasteiger partial charge in [0.1, 0.15) is 16.3 Å². The van der Waals surface area contributed by atoms with Gasteiger partial charge in [0.2, 0.25) is 5.91 Å². The number of ether oxygens (including phenoxy) is 1. The lowest BCUT2D eigenvalue weighted by atomic mass is 10.2. The number of nitrogens with one attached hydrogen (secondary N) is 2. The molecule has 0 aliphatic heterocycles. The summed E-state index contributed by atoms with van der Waals surface area (Å²) in [5, 5.41) is 3.47. The molecule has 0 spiro atoms. The Morgan fingerprint density at radius 2 is 1.97 bits per heavy atom. The second kappa shape index (κ2) is 10.4. The third kappa shape index (κ3) is 5.47. The highest BCUT2D eigenvalue weighted by molar-refractivity contribution is 7.22. The Hall–Kier alpha value is -3.20. The predicted molar refractivity (Wildman–Crippen MR) is 138 cm³/mol. The fourth-order valence-electron chi connectivity index (χ4n) is 3.57. The second-order valence-electron chi connectivity index (χ2n) is 7.88. The molecule has 4 aromatic rings. The van der Waals surface area contributed by atoms with E-state index < -0.39 is 0 Å². The average molecular weight is 497 g/mol. The molecule has 2 aromatic carbocycles. The van der Waals surface area contributed by atoms with Gasteiger partial charge in [-0.05, 0) is 67.1 Å². The van der Waals surface area contributed by atoms with Crippen LogP contribution in [0.1, 0.15) is 18.3 Å². The number of thiophene rings is 1. The number of rotatable bonds is 8. The quantitative estimate of drug-likeness (QED) is 0.355. The lowest BCUT2D eigenvalue weighted by Gasteiger charge is -2.19. The maximum atomic E-state index is 12.7. The van der Waals surface area contributed by atoms with Crippen LogP contribution >= 0.6 is 22.9 Å². The number of aromatic amines is 1. The largest absolute Gasteiger partial charge is 0.497 e. The Bertz CT molecular complexity index is 1380. The predicted octanol–water partition coefficient (Wildman–Crippen LogP) is 5.08. The van der Waals surface area contributed by atoms with Gasteiger partial charge in [-0.3, -0.25) is 14.5 Å². The Morgan fingerprint density at radius 3 is 2.68 bits per heavy atom. The normalized spacial score (nSPS) is 11.2. The number of carbonyl (C=O) groups is 1. The standard InChI is InChI=1S/C25H25ClN4O3S/c1-4-30(14-23(31)28-19-11-17(26)8-5-15(19)2)13-22-27-20-12-21(34-24(20)25(32)29-22)16-6-9-18(33-3)10-7-16/h5-12H,4,13-14H2,1-3H3,(H,28,31)(H,27,29,32). The van der Waals surface area contributed by atoms with Crippen molar-refractivity contribution in [3.63, 3.8) is 0 Å². The molecule has 0 saturated heterocycles. The van der Waals surface area contributed by atoms with E-state index in [9.17, 15) is 9.59 Å². The second-order valence-corrected chi connectivity index (χ2v) is 9.37. The molecule has 0 aliphatic carbocycles. The molecule has 0 fully saturated rings. The summed E-state index contributed by atoms with van der Waals surface area (Å²) >= 11 is 7.45. The number of aromatic nitrogens is 2. The van der Waals surface area contributed by atoms with Gasteiger partial charge < -0.3 is 15.0 Å². The minimum atomic E-state index is -0.181.